The van der Waals surface area contributed by atoms with E-state index in [9.17, 15) is 33.6 Å². The number of aliphatic hydroxyl groups excluding tert-OH is 1. The third-order valence-electron chi connectivity index (χ3n) is 4.97. The Morgan fingerprint density at radius 2 is 1.88 bits per heavy atom. The number of carbonyl (C=O) groups is 2. The minimum Gasteiger partial charge on any atom is -0.507 e. The number of furan rings is 1. The summed E-state index contributed by atoms with van der Waals surface area (Å²) in [6.07, 6.45) is 0. The maximum absolute atomic E-state index is 14.6. The lowest BCUT2D eigenvalue weighted by molar-refractivity contribution is -0.384. The van der Waals surface area contributed by atoms with Gasteiger partial charge in [0.05, 0.1) is 16.2 Å². The summed E-state index contributed by atoms with van der Waals surface area (Å²) in [4.78, 5) is 36.9. The van der Waals surface area contributed by atoms with Crippen molar-refractivity contribution in [2.75, 3.05) is 4.90 Å². The summed E-state index contributed by atoms with van der Waals surface area (Å²) in [7, 11) is 0. The third kappa shape index (κ3) is 3.41. The summed E-state index contributed by atoms with van der Waals surface area (Å²) in [5.41, 5.74) is -1.47. The Hall–Kier alpha value is -4.34. The number of Topliss-reactive ketones (excluding diaryl/α,β-unsaturated/α-hetero) is 1. The minimum atomic E-state index is -1.43. The zero-order chi connectivity index (χ0) is 23.2. The Labute approximate surface area is 179 Å². The van der Waals surface area contributed by atoms with Crippen molar-refractivity contribution in [2.45, 2.75) is 13.0 Å². The highest BCUT2D eigenvalue weighted by Crippen LogP contribution is 2.43. The van der Waals surface area contributed by atoms with Crippen LogP contribution in [0, 0.1) is 28.7 Å². The Balaban J connectivity index is 1.97. The number of halogens is 2. The average molecular weight is 440 g/mol. The number of anilines is 1. The number of hydrogen-bond donors (Lipinski definition) is 1. The summed E-state index contributed by atoms with van der Waals surface area (Å²) in [6.45, 7) is 1.60. The summed E-state index contributed by atoms with van der Waals surface area (Å²) >= 11 is 0. The van der Waals surface area contributed by atoms with Crippen LogP contribution < -0.4 is 4.90 Å². The van der Waals surface area contributed by atoms with Gasteiger partial charge in [-0.2, -0.15) is 0 Å². The number of nitrogens with zero attached hydrogens (tertiary/aromatic N) is 2. The van der Waals surface area contributed by atoms with Crippen LogP contribution in [0.3, 0.4) is 0 Å². The summed E-state index contributed by atoms with van der Waals surface area (Å²) in [6, 6.07) is 8.74. The van der Waals surface area contributed by atoms with E-state index in [2.05, 4.69) is 0 Å². The molecule has 2 aromatic carbocycles. The molecule has 1 atom stereocenters. The molecule has 162 valence electrons. The zero-order valence-corrected chi connectivity index (χ0v) is 16.4. The van der Waals surface area contributed by atoms with Gasteiger partial charge in [-0.1, -0.05) is 12.1 Å². The lowest BCUT2D eigenvalue weighted by Crippen LogP contribution is -2.30. The molecular formula is C22H14F2N2O6. The lowest BCUT2D eigenvalue weighted by Gasteiger charge is -2.23. The van der Waals surface area contributed by atoms with Gasteiger partial charge < -0.3 is 9.52 Å². The van der Waals surface area contributed by atoms with Crippen LogP contribution in [0.4, 0.5) is 20.2 Å². The molecule has 2 heterocycles. The second-order valence-electron chi connectivity index (χ2n) is 7.02. The second kappa shape index (κ2) is 7.73. The molecule has 0 spiro atoms. The van der Waals surface area contributed by atoms with Crippen LogP contribution >= 0.6 is 0 Å². The van der Waals surface area contributed by atoms with Gasteiger partial charge in [-0.25, -0.2) is 8.78 Å². The van der Waals surface area contributed by atoms with E-state index < -0.39 is 51.3 Å². The number of ketones is 1. The van der Waals surface area contributed by atoms with E-state index >= 15 is 0 Å². The molecular weight excluding hydrogens is 426 g/mol. The predicted octanol–water partition coefficient (Wildman–Crippen LogP) is 4.40. The molecule has 1 N–H and O–H groups in total. The van der Waals surface area contributed by atoms with E-state index in [1.54, 1.807) is 6.92 Å². The highest BCUT2D eigenvalue weighted by atomic mass is 19.1. The molecule has 0 aliphatic carbocycles. The molecule has 0 radical (unpaired) electrons. The van der Waals surface area contributed by atoms with E-state index in [-0.39, 0.29) is 17.0 Å². The van der Waals surface area contributed by atoms with E-state index in [4.69, 9.17) is 4.42 Å². The van der Waals surface area contributed by atoms with E-state index in [1.165, 1.54) is 30.3 Å². The lowest BCUT2D eigenvalue weighted by atomic mass is 9.99. The average Bonchev–Trinajstić information content (AvgIpc) is 3.30. The van der Waals surface area contributed by atoms with Crippen LogP contribution in [0.15, 0.2) is 64.6 Å². The Morgan fingerprint density at radius 1 is 1.12 bits per heavy atom. The van der Waals surface area contributed by atoms with Crippen molar-refractivity contribution in [1.82, 2.24) is 0 Å². The molecule has 32 heavy (non-hydrogen) atoms. The van der Waals surface area contributed by atoms with Crippen LogP contribution in [-0.2, 0) is 9.59 Å². The largest absolute Gasteiger partial charge is 0.507 e. The molecule has 4 rings (SSSR count). The monoisotopic (exact) mass is 440 g/mol. The van der Waals surface area contributed by atoms with Crippen molar-refractivity contribution in [2.24, 2.45) is 0 Å². The Kier molecular flexibility index (Phi) is 5.05. The molecule has 10 heteroatoms. The number of benzene rings is 2. The van der Waals surface area contributed by atoms with Gasteiger partial charge in [-0.15, -0.1) is 0 Å². The molecule has 1 aliphatic rings. The van der Waals surface area contributed by atoms with Gasteiger partial charge in [-0.3, -0.25) is 24.6 Å². The number of nitro groups is 1. The second-order valence-corrected chi connectivity index (χ2v) is 7.02. The first kappa shape index (κ1) is 20.9. The molecule has 1 fully saturated rings. The fourth-order valence-corrected chi connectivity index (χ4v) is 3.54. The van der Waals surface area contributed by atoms with E-state index in [0.717, 1.165) is 24.3 Å². The maximum atomic E-state index is 14.6. The number of amides is 1. The normalized spacial score (nSPS) is 17.7. The van der Waals surface area contributed by atoms with Crippen LogP contribution in [0.1, 0.15) is 23.1 Å². The molecule has 1 saturated heterocycles. The summed E-state index contributed by atoms with van der Waals surface area (Å²) in [5, 5.41) is 22.0. The fraction of sp³-hybridized carbons (Fsp3) is 0.0909. The smallest absolute Gasteiger partial charge is 0.300 e. The summed E-state index contributed by atoms with van der Waals surface area (Å²) in [5.74, 6) is -4.53. The summed E-state index contributed by atoms with van der Waals surface area (Å²) < 4.78 is 34.0. The molecule has 8 nitrogen and oxygen atoms in total. The molecule has 0 saturated carbocycles. The van der Waals surface area contributed by atoms with Crippen molar-refractivity contribution in [1.29, 1.82) is 0 Å². The van der Waals surface area contributed by atoms with Gasteiger partial charge in [0.1, 0.15) is 35.0 Å². The molecule has 0 bridgehead atoms. The van der Waals surface area contributed by atoms with Gasteiger partial charge in [0, 0.05) is 23.8 Å². The first-order valence-electron chi connectivity index (χ1n) is 9.26. The first-order valence-corrected chi connectivity index (χ1v) is 9.26. The Morgan fingerprint density at radius 3 is 2.53 bits per heavy atom. The zero-order valence-electron chi connectivity index (χ0n) is 16.4. The highest BCUT2D eigenvalue weighted by Gasteiger charge is 2.49. The van der Waals surface area contributed by atoms with Gasteiger partial charge in [0.2, 0.25) is 0 Å². The molecule has 1 aromatic heterocycles. The molecule has 1 amide bonds. The third-order valence-corrected chi connectivity index (χ3v) is 4.97. The van der Waals surface area contributed by atoms with E-state index in [0.29, 0.717) is 10.7 Å². The SMILES string of the molecule is Cc1ccc(C2/C(=C(/O)c3cccc([N+](=O)[O-])c3)C(=O)C(=O)N2c2cc(F)ccc2F)o1. The Bertz CT molecular complexity index is 1310. The van der Waals surface area contributed by atoms with Crippen molar-refractivity contribution < 1.29 is 32.8 Å². The van der Waals surface area contributed by atoms with Crippen LogP contribution in [0.2, 0.25) is 0 Å². The number of carbonyl (C=O) groups excluding carboxylic acids is 2. The molecule has 3 aromatic rings. The molecule has 1 aliphatic heterocycles. The van der Waals surface area contributed by atoms with Gasteiger partial charge >= 0.3 is 0 Å². The van der Waals surface area contributed by atoms with E-state index in [1.807, 2.05) is 0 Å². The van der Waals surface area contributed by atoms with Crippen LogP contribution in [0.25, 0.3) is 5.76 Å². The van der Waals surface area contributed by atoms with Crippen molar-refractivity contribution in [3.63, 3.8) is 0 Å². The predicted molar refractivity (Wildman–Crippen MR) is 108 cm³/mol. The van der Waals surface area contributed by atoms with Crippen LogP contribution in [-0.4, -0.2) is 21.7 Å². The highest BCUT2D eigenvalue weighted by molar-refractivity contribution is 6.51. The fourth-order valence-electron chi connectivity index (χ4n) is 3.54. The maximum Gasteiger partial charge on any atom is 0.300 e. The number of non-ortho nitro benzene ring substituents is 1. The number of hydrogen-bond acceptors (Lipinski definition) is 6. The number of aliphatic hydroxyl groups is 1. The quantitative estimate of drug-likeness (QED) is 0.211. The van der Waals surface area contributed by atoms with Gasteiger partial charge in [0.25, 0.3) is 17.4 Å². The minimum absolute atomic E-state index is 0.0114. The topological polar surface area (TPSA) is 114 Å². The van der Waals surface area contributed by atoms with Crippen molar-refractivity contribution in [3.8, 4) is 0 Å². The number of rotatable bonds is 4. The number of nitro benzene ring substituents is 1. The first-order chi connectivity index (χ1) is 15.2. The van der Waals surface area contributed by atoms with Crippen molar-refractivity contribution in [3.05, 3.63) is 99.0 Å². The number of aryl methyl sites for hydroxylation is 1. The van der Waals surface area contributed by atoms with Gasteiger partial charge in [-0.05, 0) is 31.2 Å². The standard InChI is InChI=1S/C22H14F2N2O6/c1-11-5-8-17(32-11)19-18(20(27)12-3-2-4-14(9-12)26(30)31)21(28)22(29)25(19)16-10-13(23)6-7-15(16)24/h2-10,19,27H,1H3/b20-18-. The van der Waals surface area contributed by atoms with Crippen molar-refractivity contribution >= 4 is 28.8 Å². The van der Waals surface area contributed by atoms with Crippen LogP contribution in [0.5, 0.6) is 0 Å². The van der Waals surface area contributed by atoms with Gasteiger partial charge in [0.15, 0.2) is 0 Å². The molecule has 1 unspecified atom stereocenters.